The smallest absolute Gasteiger partial charge is 0.347 e. The Kier molecular flexibility index (Phi) is 5.29. The van der Waals surface area contributed by atoms with E-state index in [0.717, 1.165) is 58.9 Å². The first-order valence-corrected chi connectivity index (χ1v) is 12.2. The molecule has 1 atom stereocenters. The van der Waals surface area contributed by atoms with Gasteiger partial charge in [0, 0.05) is 54.1 Å². The summed E-state index contributed by atoms with van der Waals surface area (Å²) in [5.41, 5.74) is 6.27. The predicted molar refractivity (Wildman–Crippen MR) is 135 cm³/mol. The minimum Gasteiger partial charge on any atom is -0.466 e. The van der Waals surface area contributed by atoms with Crippen molar-refractivity contribution in [3.8, 4) is 0 Å². The van der Waals surface area contributed by atoms with Crippen molar-refractivity contribution >= 4 is 45.5 Å². The third-order valence-corrected chi connectivity index (χ3v) is 7.43. The summed E-state index contributed by atoms with van der Waals surface area (Å²) in [6.07, 6.45) is 7.19. The standard InChI is InChI=1S/C29H26N2O5/c1-17(32)35-14-12-18-10-11-20-24(15-18)31-13-6-5-9-23(31)25(20)27-26(28(33)36-29(27)34)21-16-30(2)22-8-4-3-7-19(21)22/h3-9,13,16,18H,10-12,14-15H2,1-2H3. The topological polar surface area (TPSA) is 79.0 Å². The summed E-state index contributed by atoms with van der Waals surface area (Å²) in [5, 5.41) is 0.905. The average molecular weight is 483 g/mol. The van der Waals surface area contributed by atoms with E-state index in [1.54, 1.807) is 0 Å². The van der Waals surface area contributed by atoms with Crippen LogP contribution in [0.3, 0.4) is 0 Å². The van der Waals surface area contributed by atoms with Crippen LogP contribution in [0, 0.1) is 5.92 Å². The van der Waals surface area contributed by atoms with Gasteiger partial charge in [-0.2, -0.15) is 0 Å². The number of para-hydroxylation sites is 1. The third kappa shape index (κ3) is 3.46. The Morgan fingerprint density at radius 2 is 1.81 bits per heavy atom. The van der Waals surface area contributed by atoms with Gasteiger partial charge in [0.1, 0.15) is 0 Å². The summed E-state index contributed by atoms with van der Waals surface area (Å²) in [7, 11) is 1.93. The maximum Gasteiger partial charge on any atom is 0.347 e. The third-order valence-electron chi connectivity index (χ3n) is 7.43. The molecule has 0 amide bonds. The maximum atomic E-state index is 13.2. The molecule has 2 aliphatic rings. The highest BCUT2D eigenvalue weighted by molar-refractivity contribution is 6.46. The minimum atomic E-state index is -0.606. The van der Waals surface area contributed by atoms with Crippen molar-refractivity contribution in [3.63, 3.8) is 0 Å². The molecule has 0 spiro atoms. The number of benzene rings is 1. The van der Waals surface area contributed by atoms with Gasteiger partial charge in [-0.25, -0.2) is 9.59 Å². The molecule has 4 heterocycles. The number of carbonyl (C=O) groups is 3. The lowest BCUT2D eigenvalue weighted by molar-refractivity contribution is -0.149. The molecular weight excluding hydrogens is 456 g/mol. The lowest BCUT2D eigenvalue weighted by Crippen LogP contribution is -2.18. The Balaban J connectivity index is 1.53. The van der Waals surface area contributed by atoms with Gasteiger partial charge in [0.2, 0.25) is 0 Å². The van der Waals surface area contributed by atoms with Gasteiger partial charge in [-0.15, -0.1) is 0 Å². The first-order chi connectivity index (χ1) is 17.4. The fourth-order valence-electron chi connectivity index (χ4n) is 5.84. The monoisotopic (exact) mass is 482 g/mol. The Bertz CT molecular complexity index is 1600. The van der Waals surface area contributed by atoms with Crippen molar-refractivity contribution in [3.05, 3.63) is 77.2 Å². The first-order valence-electron chi connectivity index (χ1n) is 12.2. The first kappa shape index (κ1) is 22.3. The summed E-state index contributed by atoms with van der Waals surface area (Å²) in [4.78, 5) is 37.6. The van der Waals surface area contributed by atoms with Gasteiger partial charge >= 0.3 is 17.9 Å². The number of nitrogens with zero attached hydrogens (tertiary/aromatic N) is 2. The van der Waals surface area contributed by atoms with Gasteiger partial charge < -0.3 is 18.4 Å². The molecule has 0 saturated carbocycles. The number of cyclic esters (lactones) is 2. The molecule has 1 aromatic carbocycles. The van der Waals surface area contributed by atoms with Crippen molar-refractivity contribution in [2.75, 3.05) is 6.61 Å². The van der Waals surface area contributed by atoms with Crippen molar-refractivity contribution in [1.82, 2.24) is 8.97 Å². The van der Waals surface area contributed by atoms with Crippen LogP contribution < -0.4 is 0 Å². The van der Waals surface area contributed by atoms with E-state index in [0.29, 0.717) is 29.2 Å². The van der Waals surface area contributed by atoms with Crippen molar-refractivity contribution < 1.29 is 23.9 Å². The van der Waals surface area contributed by atoms with E-state index in [-0.39, 0.29) is 5.97 Å². The normalized spacial score (nSPS) is 17.7. The van der Waals surface area contributed by atoms with Gasteiger partial charge in [0.15, 0.2) is 0 Å². The molecule has 182 valence electrons. The van der Waals surface area contributed by atoms with Crippen LogP contribution in [0.25, 0.3) is 27.6 Å². The fraction of sp³-hybridized carbons (Fsp3) is 0.276. The van der Waals surface area contributed by atoms with Crippen molar-refractivity contribution in [1.29, 1.82) is 0 Å². The lowest BCUT2D eigenvalue weighted by atomic mass is 9.82. The molecule has 0 radical (unpaired) electrons. The highest BCUT2D eigenvalue weighted by atomic mass is 16.6. The number of rotatable bonds is 5. The molecule has 7 nitrogen and oxygen atoms in total. The summed E-state index contributed by atoms with van der Waals surface area (Å²) >= 11 is 0. The molecule has 0 saturated heterocycles. The highest BCUT2D eigenvalue weighted by Crippen LogP contribution is 2.44. The summed E-state index contributed by atoms with van der Waals surface area (Å²) in [6, 6.07) is 13.7. The van der Waals surface area contributed by atoms with E-state index in [9.17, 15) is 14.4 Å². The molecular formula is C29H26N2O5. The number of hydrogen-bond donors (Lipinski definition) is 0. The number of fused-ring (bicyclic) bond motifs is 4. The fourth-order valence-corrected chi connectivity index (χ4v) is 5.84. The molecule has 0 fully saturated rings. The predicted octanol–water partition coefficient (Wildman–Crippen LogP) is 4.48. The molecule has 4 aromatic rings. The Morgan fingerprint density at radius 3 is 2.64 bits per heavy atom. The second-order valence-electron chi connectivity index (χ2n) is 9.59. The maximum absolute atomic E-state index is 13.2. The number of ether oxygens (including phenoxy) is 2. The summed E-state index contributed by atoms with van der Waals surface area (Å²) in [5.74, 6) is -1.10. The number of aryl methyl sites for hydroxylation is 1. The Labute approximate surface area is 207 Å². The van der Waals surface area contributed by atoms with Crippen LogP contribution in [0.1, 0.15) is 42.1 Å². The van der Waals surface area contributed by atoms with E-state index >= 15 is 0 Å². The zero-order valence-electron chi connectivity index (χ0n) is 20.2. The Morgan fingerprint density at radius 1 is 1.06 bits per heavy atom. The number of esters is 3. The van der Waals surface area contributed by atoms with Gasteiger partial charge in [-0.05, 0) is 55.4 Å². The minimum absolute atomic E-state index is 0.265. The van der Waals surface area contributed by atoms with Crippen molar-refractivity contribution in [2.45, 2.75) is 32.6 Å². The van der Waals surface area contributed by atoms with Gasteiger partial charge in [-0.1, -0.05) is 24.3 Å². The molecule has 6 rings (SSSR count). The van der Waals surface area contributed by atoms with Crippen LogP contribution in [0.2, 0.25) is 0 Å². The van der Waals surface area contributed by atoms with Gasteiger partial charge in [0.25, 0.3) is 0 Å². The molecule has 0 bridgehead atoms. The molecule has 1 aliphatic heterocycles. The van der Waals surface area contributed by atoms with Crippen LogP contribution in [-0.2, 0) is 43.7 Å². The molecule has 0 N–H and O–H groups in total. The van der Waals surface area contributed by atoms with E-state index in [1.165, 1.54) is 6.92 Å². The SMILES string of the molecule is CC(=O)OCCC1CCc2c(C3=C(c4cn(C)c5ccccc45)C(=O)OC3=O)c3ccccn3c2C1. The van der Waals surface area contributed by atoms with E-state index in [1.807, 2.05) is 66.5 Å². The van der Waals surface area contributed by atoms with Crippen LogP contribution in [0.5, 0.6) is 0 Å². The zero-order valence-corrected chi connectivity index (χ0v) is 20.2. The quantitative estimate of drug-likeness (QED) is 0.310. The molecule has 1 unspecified atom stereocenters. The largest absolute Gasteiger partial charge is 0.466 e. The molecule has 36 heavy (non-hydrogen) atoms. The number of pyridine rings is 1. The average Bonchev–Trinajstić information content (AvgIpc) is 3.47. The zero-order chi connectivity index (χ0) is 25.0. The second kappa shape index (κ2) is 8.52. The van der Waals surface area contributed by atoms with Crippen LogP contribution in [0.4, 0.5) is 0 Å². The van der Waals surface area contributed by atoms with Crippen LogP contribution in [-0.4, -0.2) is 33.5 Å². The van der Waals surface area contributed by atoms with Gasteiger partial charge in [0.05, 0.1) is 23.3 Å². The lowest BCUT2D eigenvalue weighted by Gasteiger charge is -2.23. The van der Waals surface area contributed by atoms with Crippen LogP contribution in [0.15, 0.2) is 54.9 Å². The van der Waals surface area contributed by atoms with E-state index in [4.69, 9.17) is 9.47 Å². The molecule has 3 aromatic heterocycles. The Hall–Kier alpha value is -4.13. The van der Waals surface area contributed by atoms with Crippen LogP contribution >= 0.6 is 0 Å². The number of aromatic nitrogens is 2. The van der Waals surface area contributed by atoms with E-state index in [2.05, 4.69) is 4.40 Å². The second-order valence-corrected chi connectivity index (χ2v) is 9.59. The highest BCUT2D eigenvalue weighted by Gasteiger charge is 2.40. The van der Waals surface area contributed by atoms with Crippen molar-refractivity contribution in [2.24, 2.45) is 13.0 Å². The summed E-state index contributed by atoms with van der Waals surface area (Å²) in [6.45, 7) is 1.83. The molecule has 1 aliphatic carbocycles. The van der Waals surface area contributed by atoms with E-state index < -0.39 is 11.9 Å². The summed E-state index contributed by atoms with van der Waals surface area (Å²) < 4.78 is 14.5. The molecule has 7 heteroatoms. The van der Waals surface area contributed by atoms with Gasteiger partial charge in [-0.3, -0.25) is 4.79 Å². The number of hydrogen-bond acceptors (Lipinski definition) is 5. The number of carbonyl (C=O) groups excluding carboxylic acids is 3.